The fraction of sp³-hybridized carbons (Fsp3) is 0.226. The highest BCUT2D eigenvalue weighted by Crippen LogP contribution is 2.45. The summed E-state index contributed by atoms with van der Waals surface area (Å²) in [5.41, 5.74) is 46.2. The molecular formula is C106H108B4F16N4. The maximum atomic E-state index is 9.67. The molecule has 24 heteroatoms. The predicted molar refractivity (Wildman–Crippen MR) is 508 cm³/mol. The lowest BCUT2D eigenvalue weighted by Gasteiger charge is -2.20. The Bertz CT molecular complexity index is 6610. The van der Waals surface area contributed by atoms with E-state index in [9.17, 15) is 51.8 Å². The van der Waals surface area contributed by atoms with Gasteiger partial charge in [-0.3, -0.25) is 51.8 Å². The average molecular weight is 1790 g/mol. The zero-order valence-electron chi connectivity index (χ0n) is 77.7. The summed E-state index contributed by atoms with van der Waals surface area (Å²) in [7, 11) is -8.13. The second-order valence-corrected chi connectivity index (χ2v) is 34.1. The van der Waals surface area contributed by atoms with Gasteiger partial charge in [-0.15, -0.1) is 0 Å². The molecule has 0 fully saturated rings. The molecule has 4 heterocycles. The first-order chi connectivity index (χ1) is 59.4. The monoisotopic (exact) mass is 1780 g/mol. The Morgan fingerprint density at radius 1 is 0.200 bits per heavy atom. The number of hydrogen-bond donors (Lipinski definition) is 0. The van der Waals surface area contributed by atoms with Crippen LogP contribution in [0.3, 0.4) is 0 Å². The Labute approximate surface area is 754 Å². The smallest absolute Gasteiger partial charge is 0.762 e. The van der Waals surface area contributed by atoms with Gasteiger partial charge in [0.2, 0.25) is 49.8 Å². The Morgan fingerprint density at radius 2 is 0.415 bits per heavy atom. The third-order valence-corrected chi connectivity index (χ3v) is 23.0. The molecule has 4 nitrogen and oxygen atoms in total. The highest BCUT2D eigenvalue weighted by molar-refractivity contribution is 6.34. The highest BCUT2D eigenvalue weighted by Gasteiger charge is 2.30. The van der Waals surface area contributed by atoms with E-state index in [1.165, 1.54) is 238 Å². The normalized spacial score (nSPS) is 10.6. The van der Waals surface area contributed by atoms with E-state index in [1.54, 1.807) is 0 Å². The van der Waals surface area contributed by atoms with E-state index in [0.29, 0.717) is 0 Å². The van der Waals surface area contributed by atoms with Gasteiger partial charge in [-0.2, -0.15) is 18.3 Å². The van der Waals surface area contributed by atoms with Crippen molar-refractivity contribution < 1.29 is 88.9 Å². The molecule has 0 aliphatic rings. The summed E-state index contributed by atoms with van der Waals surface area (Å²) >= 11 is 0. The number of benzene rings is 13. The van der Waals surface area contributed by atoms with Crippen LogP contribution in [0.15, 0.2) is 237 Å². The van der Waals surface area contributed by atoms with Crippen LogP contribution >= 0.6 is 0 Å². The number of pyridine rings is 4. The molecule has 0 amide bonds. The number of rotatable bonds is 5. The van der Waals surface area contributed by atoms with E-state index >= 15 is 0 Å². The van der Waals surface area contributed by atoms with Crippen LogP contribution in [0.2, 0.25) is 0 Å². The van der Waals surface area contributed by atoms with Crippen molar-refractivity contribution in [2.75, 3.05) is 0 Å². The fourth-order valence-corrected chi connectivity index (χ4v) is 18.3. The van der Waals surface area contributed by atoms with Gasteiger partial charge in [-0.1, -0.05) is 193 Å². The molecule has 13 aromatic carbocycles. The summed E-state index contributed by atoms with van der Waals surface area (Å²) in [4.78, 5) is 0. The van der Waals surface area contributed by atoms with Gasteiger partial charge in [0, 0.05) is 82.9 Å². The first kappa shape index (κ1) is 106. The number of aryl methyl sites for hydroxylation is 20. The molecule has 0 radical (unpaired) electrons. The highest BCUT2D eigenvalue weighted by atomic mass is 19.4. The van der Waals surface area contributed by atoms with Crippen molar-refractivity contribution in [1.29, 1.82) is 0 Å². The molecule has 0 bridgehead atoms. The SMILES string of the molecule is Cc1cc(C)c(-c2c3cc(C)ccc3[n+](-c3ccccc3)c3ccc(C)cc23)c(C)c1.Cc1cc(C)c(-c2c3cc(C)ccc3[n+](C)c3ccc(C)cc23)c(C)c1.Cc1cc(C)c(-c2c3ccc(C)cc3[n+](C)c3cc(C(C)(C)C)ccc23)c(C)c1.Cc1cc(C)c(-c2c3ccccc3[n+](C)c3ccccc23)c(C)c1.FB(F)F.FB(F)F.FB(F)F.FB(F)F.[F-].[F-].[F-].[F-]. The lowest BCUT2D eigenvalue weighted by molar-refractivity contribution is -0.617. The van der Waals surface area contributed by atoms with Crippen LogP contribution in [0.1, 0.15) is 121 Å². The molecule has 0 saturated heterocycles. The first-order valence-corrected chi connectivity index (χ1v) is 41.8. The van der Waals surface area contributed by atoms with Crippen LogP contribution in [-0.4, -0.2) is 30.2 Å². The number of hydrogen-bond acceptors (Lipinski definition) is 0. The third-order valence-electron chi connectivity index (χ3n) is 23.0. The number of aromatic nitrogens is 4. The molecular weight excluding hydrogens is 1680 g/mol. The average Bonchev–Trinajstić information content (AvgIpc) is 0.709. The summed E-state index contributed by atoms with van der Waals surface area (Å²) in [6, 6.07) is 87.8. The van der Waals surface area contributed by atoms with Crippen LogP contribution < -0.4 is 37.1 Å². The van der Waals surface area contributed by atoms with Gasteiger partial charge in [-0.05, 0) is 250 Å². The number of halogens is 16. The van der Waals surface area contributed by atoms with Crippen molar-refractivity contribution in [2.45, 2.75) is 144 Å². The van der Waals surface area contributed by atoms with Crippen molar-refractivity contribution >= 4 is 117 Å². The second kappa shape index (κ2) is 45.3. The topological polar surface area (TPSA) is 15.5 Å². The van der Waals surface area contributed by atoms with Crippen LogP contribution in [0.4, 0.5) is 51.8 Å². The number of nitrogens with zero attached hydrogens (tertiary/aromatic N) is 4. The number of fused-ring (bicyclic) bond motifs is 8. The molecule has 0 unspecified atom stereocenters. The largest absolute Gasteiger partial charge is 1.00 e. The number of para-hydroxylation sites is 3. The molecule has 17 aromatic rings. The summed E-state index contributed by atoms with van der Waals surface area (Å²) < 4.78 is 125. The summed E-state index contributed by atoms with van der Waals surface area (Å²) in [5, 5.41) is 10.5. The van der Waals surface area contributed by atoms with E-state index < -0.39 is 30.2 Å². The zero-order chi connectivity index (χ0) is 92.5. The minimum absolute atomic E-state index is 0. The van der Waals surface area contributed by atoms with Crippen LogP contribution in [0.5, 0.6) is 0 Å². The van der Waals surface area contributed by atoms with E-state index in [2.05, 4.69) is 414 Å². The maximum Gasteiger partial charge on any atom is 0.762 e. The summed E-state index contributed by atoms with van der Waals surface area (Å²) in [6.07, 6.45) is 0. The van der Waals surface area contributed by atoms with Crippen LogP contribution in [0.25, 0.3) is 137 Å². The minimum Gasteiger partial charge on any atom is -1.00 e. The van der Waals surface area contributed by atoms with E-state index in [4.69, 9.17) is 0 Å². The third kappa shape index (κ3) is 24.4. The van der Waals surface area contributed by atoms with Gasteiger partial charge in [0.15, 0.2) is 0 Å². The molecule has 676 valence electrons. The Balaban J connectivity index is 0.000000251. The fourth-order valence-electron chi connectivity index (χ4n) is 18.3. The maximum absolute atomic E-state index is 9.67. The van der Waals surface area contributed by atoms with Crippen molar-refractivity contribution in [1.82, 2.24) is 0 Å². The predicted octanol–water partition coefficient (Wildman–Crippen LogP) is 17.5. The van der Waals surface area contributed by atoms with Crippen LogP contribution in [-0.2, 0) is 26.6 Å². The minimum atomic E-state index is -3.67. The lowest BCUT2D eigenvalue weighted by atomic mass is 9.84. The first-order valence-electron chi connectivity index (χ1n) is 41.8. The molecule has 17 rings (SSSR count). The van der Waals surface area contributed by atoms with Gasteiger partial charge in [0.05, 0.1) is 43.1 Å². The van der Waals surface area contributed by atoms with Crippen molar-refractivity contribution in [3.8, 4) is 50.2 Å². The molecule has 0 aliphatic carbocycles. The molecule has 130 heavy (non-hydrogen) atoms. The summed E-state index contributed by atoms with van der Waals surface area (Å²) in [5.74, 6) is 0. The molecule has 0 saturated carbocycles. The standard InChI is InChI=1S/C30H28N.C28H32N.C25H26N.C23H22N.4BF3.4FH/c1-19-11-13-27-25(17-19)30(29-22(4)15-21(3)16-23(29)5)26-18-20(2)12-14-28(26)31(27)24-9-7-6-8-10-24;1-17-9-11-22-24(15-17)29(8)25-16-21(28(5,6)7)10-12-23(25)27(22)26-19(3)13-18(2)14-20(26)4;1-15-7-9-22-20(13-15)25(24-18(4)11-17(3)12-19(24)5)21-14-16(2)8-10-23(21)26(22)6;1-15-13-16(2)22(17(3)14-15)23-18-9-5-7-11-20(18)24(4)21-12-8-6-10-19(21)23;4*2-1(3)4;;;;/h6-18H,1-5H3;9-16H,1-8H3;7-14H,1-6H3;5-14H,1-4H3;;;;;4*1H/q4*+1;;;;;;;;/p-4. The van der Waals surface area contributed by atoms with Gasteiger partial charge in [-0.25, -0.2) is 0 Å². The zero-order valence-corrected chi connectivity index (χ0v) is 77.7. The van der Waals surface area contributed by atoms with Crippen molar-refractivity contribution in [3.05, 3.63) is 337 Å². The van der Waals surface area contributed by atoms with Crippen LogP contribution in [0, 0.1) is 118 Å². The Morgan fingerprint density at radius 3 is 0.715 bits per heavy atom. The van der Waals surface area contributed by atoms with E-state index in [0.717, 1.165) is 0 Å². The van der Waals surface area contributed by atoms with Gasteiger partial charge in [0.1, 0.15) is 21.1 Å². The lowest BCUT2D eigenvalue weighted by Crippen LogP contribution is -3.00. The Kier molecular flexibility index (Phi) is 37.1. The second-order valence-electron chi connectivity index (χ2n) is 34.1. The molecule has 0 N–H and O–H groups in total. The van der Waals surface area contributed by atoms with Gasteiger partial charge >= 0.3 is 30.2 Å². The molecule has 0 aliphatic heterocycles. The Hall–Kier alpha value is -12.3. The van der Waals surface area contributed by atoms with Crippen molar-refractivity contribution in [3.63, 3.8) is 0 Å². The summed E-state index contributed by atoms with van der Waals surface area (Å²) in [6.45, 7) is 44.4. The van der Waals surface area contributed by atoms with Gasteiger partial charge in [0.25, 0.3) is 0 Å². The quantitative estimate of drug-likeness (QED) is 0.0706. The van der Waals surface area contributed by atoms with Crippen molar-refractivity contribution in [2.24, 2.45) is 21.1 Å². The molecule has 0 atom stereocenters. The molecule has 4 aromatic heterocycles. The van der Waals surface area contributed by atoms with Gasteiger partial charge < -0.3 is 18.8 Å². The molecule has 0 spiro atoms. The van der Waals surface area contributed by atoms with E-state index in [-0.39, 0.29) is 24.2 Å². The van der Waals surface area contributed by atoms with E-state index in [1.807, 2.05) is 0 Å².